The molecule has 0 saturated carbocycles. The molecule has 0 spiro atoms. The number of nitrogens with zero attached hydrogens (tertiary/aromatic N) is 1. The van der Waals surface area contributed by atoms with Crippen molar-refractivity contribution < 1.29 is 17.9 Å². The Hall–Kier alpha value is -2.28. The minimum Gasteiger partial charge on any atom is -0.453 e. The highest BCUT2D eigenvalue weighted by Gasteiger charge is 2.24. The minimum atomic E-state index is -3.76. The summed E-state index contributed by atoms with van der Waals surface area (Å²) in [7, 11) is -3.76. The molecule has 2 aromatic carbocycles. The molecule has 0 aliphatic carbocycles. The molecule has 3 aromatic rings. The van der Waals surface area contributed by atoms with Gasteiger partial charge in [-0.2, -0.15) is 0 Å². The summed E-state index contributed by atoms with van der Waals surface area (Å²) >= 11 is 12.2. The van der Waals surface area contributed by atoms with Gasteiger partial charge in [-0.1, -0.05) is 47.5 Å². The number of hydrogen-bond donors (Lipinski definition) is 0. The molecule has 1 aromatic heterocycles. The number of ether oxygens (including phenoxy) is 1. The van der Waals surface area contributed by atoms with Gasteiger partial charge in [0.05, 0.1) is 4.90 Å². The normalized spacial score (nSPS) is 12.6. The molecular weight excluding hydrogens is 409 g/mol. The van der Waals surface area contributed by atoms with Crippen molar-refractivity contribution >= 4 is 39.2 Å². The summed E-state index contributed by atoms with van der Waals surface area (Å²) in [4.78, 5) is 11.7. The van der Waals surface area contributed by atoms with Crippen LogP contribution in [0.3, 0.4) is 0 Å². The second-order valence-corrected chi connectivity index (χ2v) is 8.43. The van der Waals surface area contributed by atoms with Gasteiger partial charge in [0.25, 0.3) is 10.0 Å². The first kappa shape index (κ1) is 19.5. The van der Waals surface area contributed by atoms with Gasteiger partial charge in [0.1, 0.15) is 0 Å². The lowest BCUT2D eigenvalue weighted by Gasteiger charge is -2.18. The van der Waals surface area contributed by atoms with Crippen molar-refractivity contribution in [3.8, 4) is 0 Å². The third-order valence-corrected chi connectivity index (χ3v) is 6.05. The van der Waals surface area contributed by atoms with Crippen molar-refractivity contribution in [1.82, 2.24) is 3.97 Å². The zero-order valence-electron chi connectivity index (χ0n) is 14.2. The van der Waals surface area contributed by atoms with Crippen LogP contribution in [-0.2, 0) is 19.6 Å². The molecule has 0 N–H and O–H groups in total. The summed E-state index contributed by atoms with van der Waals surface area (Å²) in [6.07, 6.45) is 1.94. The first-order chi connectivity index (χ1) is 12.8. The molecule has 5 nitrogen and oxygen atoms in total. The van der Waals surface area contributed by atoms with Crippen molar-refractivity contribution in [2.24, 2.45) is 0 Å². The van der Waals surface area contributed by atoms with Crippen LogP contribution < -0.4 is 0 Å². The highest BCUT2D eigenvalue weighted by atomic mass is 35.5. The van der Waals surface area contributed by atoms with Crippen LogP contribution in [-0.4, -0.2) is 18.4 Å². The SMILES string of the molecule is CC(=O)OC(c1ccn(S(=O)(=O)c2ccccc2)c1)c1ccc(Cl)cc1Cl. The highest BCUT2D eigenvalue weighted by Crippen LogP contribution is 2.34. The van der Waals surface area contributed by atoms with E-state index in [-0.39, 0.29) is 4.90 Å². The monoisotopic (exact) mass is 423 g/mol. The Morgan fingerprint density at radius 2 is 1.78 bits per heavy atom. The van der Waals surface area contributed by atoms with Gasteiger partial charge >= 0.3 is 5.97 Å². The maximum atomic E-state index is 12.8. The fourth-order valence-electron chi connectivity index (χ4n) is 2.60. The number of carbonyl (C=O) groups excluding carboxylic acids is 1. The van der Waals surface area contributed by atoms with Crippen LogP contribution in [0.1, 0.15) is 24.2 Å². The maximum absolute atomic E-state index is 12.8. The average Bonchev–Trinajstić information content (AvgIpc) is 3.11. The molecule has 1 atom stereocenters. The van der Waals surface area contributed by atoms with Crippen LogP contribution >= 0.6 is 23.2 Å². The van der Waals surface area contributed by atoms with E-state index < -0.39 is 22.1 Å². The van der Waals surface area contributed by atoms with Gasteiger partial charge in [0.2, 0.25) is 0 Å². The van der Waals surface area contributed by atoms with Gasteiger partial charge in [-0.15, -0.1) is 0 Å². The lowest BCUT2D eigenvalue weighted by atomic mass is 10.0. The summed E-state index contributed by atoms with van der Waals surface area (Å²) in [6, 6.07) is 14.4. The summed E-state index contributed by atoms with van der Waals surface area (Å²) in [5, 5.41) is 0.752. The first-order valence-electron chi connectivity index (χ1n) is 7.90. The Morgan fingerprint density at radius 1 is 1.07 bits per heavy atom. The average molecular weight is 424 g/mol. The smallest absolute Gasteiger partial charge is 0.303 e. The summed E-state index contributed by atoms with van der Waals surface area (Å²) in [5.41, 5.74) is 0.972. The Labute approximate surface area is 167 Å². The molecule has 140 valence electrons. The Kier molecular flexibility index (Phi) is 5.60. The second kappa shape index (κ2) is 7.76. The number of rotatable bonds is 5. The number of hydrogen-bond acceptors (Lipinski definition) is 4. The Morgan fingerprint density at radius 3 is 2.41 bits per heavy atom. The molecule has 27 heavy (non-hydrogen) atoms. The summed E-state index contributed by atoms with van der Waals surface area (Å²) < 4.78 is 32.0. The molecule has 3 rings (SSSR count). The van der Waals surface area contributed by atoms with E-state index in [4.69, 9.17) is 27.9 Å². The van der Waals surface area contributed by atoms with E-state index >= 15 is 0 Å². The van der Waals surface area contributed by atoms with E-state index in [9.17, 15) is 13.2 Å². The minimum absolute atomic E-state index is 0.153. The predicted octanol–water partition coefficient (Wildman–Crippen LogP) is 4.68. The molecule has 0 fully saturated rings. The number of aromatic nitrogens is 1. The third kappa shape index (κ3) is 4.18. The van der Waals surface area contributed by atoms with Gasteiger partial charge in [-0.05, 0) is 30.3 Å². The highest BCUT2D eigenvalue weighted by molar-refractivity contribution is 7.90. The number of benzene rings is 2. The van der Waals surface area contributed by atoms with Gasteiger partial charge in [0, 0.05) is 40.5 Å². The maximum Gasteiger partial charge on any atom is 0.303 e. The molecule has 0 aliphatic rings. The lowest BCUT2D eigenvalue weighted by molar-refractivity contribution is -0.144. The predicted molar refractivity (Wildman–Crippen MR) is 104 cm³/mol. The van der Waals surface area contributed by atoms with Crippen LogP contribution in [0.15, 0.2) is 71.9 Å². The van der Waals surface area contributed by atoms with Crippen LogP contribution in [0, 0.1) is 0 Å². The fraction of sp³-hybridized carbons (Fsp3) is 0.105. The summed E-state index contributed by atoms with van der Waals surface area (Å²) in [5.74, 6) is -0.523. The standard InChI is InChI=1S/C19H15Cl2NO4S/c1-13(23)26-19(17-8-7-15(20)11-18(17)21)14-9-10-22(12-14)27(24,25)16-5-3-2-4-6-16/h2-12,19H,1H3. The Bertz CT molecular complexity index is 1080. The van der Waals surface area contributed by atoms with E-state index in [0.29, 0.717) is 21.2 Å². The molecule has 8 heteroatoms. The molecule has 0 radical (unpaired) electrons. The first-order valence-corrected chi connectivity index (χ1v) is 10.1. The van der Waals surface area contributed by atoms with Crippen LogP contribution in [0.25, 0.3) is 0 Å². The van der Waals surface area contributed by atoms with Gasteiger partial charge in [-0.25, -0.2) is 12.4 Å². The summed E-state index contributed by atoms with van der Waals surface area (Å²) in [6.45, 7) is 1.27. The van der Waals surface area contributed by atoms with Crippen molar-refractivity contribution in [2.75, 3.05) is 0 Å². The van der Waals surface area contributed by atoms with E-state index in [2.05, 4.69) is 0 Å². The van der Waals surface area contributed by atoms with Crippen LogP contribution in [0.4, 0.5) is 0 Å². The Balaban J connectivity index is 2.04. The van der Waals surface area contributed by atoms with Crippen LogP contribution in [0.5, 0.6) is 0 Å². The van der Waals surface area contributed by atoms with Crippen LogP contribution in [0.2, 0.25) is 10.0 Å². The lowest BCUT2D eigenvalue weighted by Crippen LogP contribution is -2.12. The molecule has 0 saturated heterocycles. The van der Waals surface area contributed by atoms with Gasteiger partial charge < -0.3 is 4.74 Å². The molecule has 0 bridgehead atoms. The van der Waals surface area contributed by atoms with Crippen molar-refractivity contribution in [1.29, 1.82) is 0 Å². The number of carbonyl (C=O) groups is 1. The largest absolute Gasteiger partial charge is 0.453 e. The third-order valence-electron chi connectivity index (χ3n) is 3.84. The molecular formula is C19H15Cl2NO4S. The molecule has 1 heterocycles. The van der Waals surface area contributed by atoms with Gasteiger partial charge in [0.15, 0.2) is 6.10 Å². The van der Waals surface area contributed by atoms with Crippen molar-refractivity contribution in [2.45, 2.75) is 17.9 Å². The number of halogens is 2. The van der Waals surface area contributed by atoms with E-state index in [0.717, 1.165) is 3.97 Å². The van der Waals surface area contributed by atoms with Gasteiger partial charge in [-0.3, -0.25) is 4.79 Å². The van der Waals surface area contributed by atoms with Crippen molar-refractivity contribution in [3.63, 3.8) is 0 Å². The second-order valence-electron chi connectivity index (χ2n) is 5.75. The van der Waals surface area contributed by atoms with E-state index in [1.807, 2.05) is 0 Å². The number of esters is 1. The topological polar surface area (TPSA) is 65.4 Å². The molecule has 0 aliphatic heterocycles. The zero-order valence-corrected chi connectivity index (χ0v) is 16.5. The van der Waals surface area contributed by atoms with E-state index in [1.165, 1.54) is 37.5 Å². The molecule has 1 unspecified atom stereocenters. The molecule has 0 amide bonds. The fourth-order valence-corrected chi connectivity index (χ4v) is 4.34. The van der Waals surface area contributed by atoms with E-state index in [1.54, 1.807) is 36.4 Å². The zero-order chi connectivity index (χ0) is 19.6. The quantitative estimate of drug-likeness (QED) is 0.558. The van der Waals surface area contributed by atoms with Crippen molar-refractivity contribution in [3.05, 3.63) is 88.2 Å².